The number of hydrogen-bond acceptors (Lipinski definition) is 3. The average molecular weight is 220 g/mol. The molecule has 0 aromatic heterocycles. The number of phenols is 1. The first kappa shape index (κ1) is 11.4. The normalized spacial score (nSPS) is 26.9. The fourth-order valence-electron chi connectivity index (χ4n) is 2.33. The number of rotatable bonds is 2. The van der Waals surface area contributed by atoms with Crippen molar-refractivity contribution in [1.82, 2.24) is 4.90 Å². The molecule has 1 aromatic rings. The summed E-state index contributed by atoms with van der Waals surface area (Å²) in [6.07, 6.45) is 2.17. The van der Waals surface area contributed by atoms with Crippen LogP contribution in [-0.2, 0) is 6.54 Å². The Morgan fingerprint density at radius 2 is 2.06 bits per heavy atom. The summed E-state index contributed by atoms with van der Waals surface area (Å²) < 4.78 is 0. The summed E-state index contributed by atoms with van der Waals surface area (Å²) in [5.41, 5.74) is 7.19. The zero-order valence-corrected chi connectivity index (χ0v) is 9.76. The Morgan fingerprint density at radius 1 is 1.38 bits per heavy atom. The van der Waals surface area contributed by atoms with Crippen molar-refractivity contribution in [2.24, 2.45) is 5.73 Å². The van der Waals surface area contributed by atoms with Crippen LogP contribution in [0.2, 0.25) is 0 Å². The summed E-state index contributed by atoms with van der Waals surface area (Å²) in [5, 5.41) is 9.22. The molecule has 1 saturated heterocycles. The van der Waals surface area contributed by atoms with Gasteiger partial charge in [0.2, 0.25) is 0 Å². The minimum absolute atomic E-state index is 0.331. The fourth-order valence-corrected chi connectivity index (χ4v) is 2.33. The van der Waals surface area contributed by atoms with Crippen LogP contribution < -0.4 is 5.73 Å². The number of piperidine rings is 1. The highest BCUT2D eigenvalue weighted by Crippen LogP contribution is 2.19. The first-order valence-corrected chi connectivity index (χ1v) is 5.92. The molecule has 0 spiro atoms. The van der Waals surface area contributed by atoms with Crippen molar-refractivity contribution in [3.05, 3.63) is 29.8 Å². The highest BCUT2D eigenvalue weighted by atomic mass is 16.3. The van der Waals surface area contributed by atoms with E-state index in [1.54, 1.807) is 12.1 Å². The Hall–Kier alpha value is -1.06. The van der Waals surface area contributed by atoms with E-state index in [0.717, 1.165) is 25.9 Å². The summed E-state index contributed by atoms with van der Waals surface area (Å²) in [6, 6.07) is 8.38. The lowest BCUT2D eigenvalue weighted by atomic mass is 9.98. The maximum Gasteiger partial charge on any atom is 0.115 e. The van der Waals surface area contributed by atoms with Gasteiger partial charge < -0.3 is 10.8 Å². The number of likely N-dealkylation sites (tertiary alicyclic amines) is 1. The lowest BCUT2D eigenvalue weighted by Gasteiger charge is -2.36. The maximum atomic E-state index is 9.22. The van der Waals surface area contributed by atoms with Gasteiger partial charge in [-0.3, -0.25) is 4.90 Å². The van der Waals surface area contributed by atoms with Crippen molar-refractivity contribution >= 4 is 0 Å². The van der Waals surface area contributed by atoms with Gasteiger partial charge in [-0.1, -0.05) is 12.1 Å². The number of benzene rings is 1. The first-order valence-electron chi connectivity index (χ1n) is 5.92. The average Bonchev–Trinajstić information content (AvgIpc) is 2.25. The van der Waals surface area contributed by atoms with E-state index in [1.165, 1.54) is 5.56 Å². The van der Waals surface area contributed by atoms with E-state index >= 15 is 0 Å². The van der Waals surface area contributed by atoms with Gasteiger partial charge >= 0.3 is 0 Å². The molecule has 88 valence electrons. The molecule has 3 N–H and O–H groups in total. The maximum absolute atomic E-state index is 9.22. The van der Waals surface area contributed by atoms with Crippen molar-refractivity contribution in [3.63, 3.8) is 0 Å². The van der Waals surface area contributed by atoms with Crippen LogP contribution in [0.5, 0.6) is 5.75 Å². The molecule has 0 aliphatic carbocycles. The topological polar surface area (TPSA) is 49.5 Å². The molecule has 0 bridgehead atoms. The van der Waals surface area contributed by atoms with E-state index in [1.807, 2.05) is 12.1 Å². The van der Waals surface area contributed by atoms with Gasteiger partial charge in [-0.25, -0.2) is 0 Å². The molecule has 1 fully saturated rings. The fraction of sp³-hybridized carbons (Fsp3) is 0.538. The molecule has 1 aromatic carbocycles. The quantitative estimate of drug-likeness (QED) is 0.797. The minimum Gasteiger partial charge on any atom is -0.508 e. The van der Waals surface area contributed by atoms with E-state index in [0.29, 0.717) is 17.8 Å². The van der Waals surface area contributed by atoms with E-state index < -0.39 is 0 Å². The van der Waals surface area contributed by atoms with Gasteiger partial charge in [0, 0.05) is 25.2 Å². The molecule has 0 amide bonds. The molecule has 2 rings (SSSR count). The SMILES string of the molecule is CC1CC(N)CCN1Cc1ccc(O)cc1. The van der Waals surface area contributed by atoms with Crippen LogP contribution in [0.4, 0.5) is 0 Å². The number of hydrogen-bond donors (Lipinski definition) is 2. The van der Waals surface area contributed by atoms with Gasteiger partial charge in [0.15, 0.2) is 0 Å². The Morgan fingerprint density at radius 3 is 2.69 bits per heavy atom. The molecule has 3 nitrogen and oxygen atoms in total. The summed E-state index contributed by atoms with van der Waals surface area (Å²) in [5.74, 6) is 0.331. The van der Waals surface area contributed by atoms with Gasteiger partial charge in [-0.15, -0.1) is 0 Å². The van der Waals surface area contributed by atoms with Crippen LogP contribution in [0.25, 0.3) is 0 Å². The Bertz CT molecular complexity index is 336. The molecular weight excluding hydrogens is 200 g/mol. The zero-order chi connectivity index (χ0) is 11.5. The molecular formula is C13H20N2O. The molecule has 16 heavy (non-hydrogen) atoms. The summed E-state index contributed by atoms with van der Waals surface area (Å²) in [6.45, 7) is 4.26. The van der Waals surface area contributed by atoms with E-state index in [4.69, 9.17) is 5.73 Å². The van der Waals surface area contributed by atoms with E-state index in [-0.39, 0.29) is 0 Å². The second-order valence-corrected chi connectivity index (χ2v) is 4.77. The van der Waals surface area contributed by atoms with Gasteiger partial charge in [-0.2, -0.15) is 0 Å². The third-order valence-corrected chi connectivity index (χ3v) is 3.38. The lowest BCUT2D eigenvalue weighted by molar-refractivity contribution is 0.140. The zero-order valence-electron chi connectivity index (χ0n) is 9.76. The Balaban J connectivity index is 1.96. The van der Waals surface area contributed by atoms with Crippen molar-refractivity contribution < 1.29 is 5.11 Å². The van der Waals surface area contributed by atoms with E-state index in [2.05, 4.69) is 11.8 Å². The molecule has 2 unspecified atom stereocenters. The number of nitrogens with zero attached hydrogens (tertiary/aromatic N) is 1. The van der Waals surface area contributed by atoms with Crippen molar-refractivity contribution in [1.29, 1.82) is 0 Å². The van der Waals surface area contributed by atoms with Crippen molar-refractivity contribution in [2.75, 3.05) is 6.54 Å². The number of nitrogens with two attached hydrogens (primary N) is 1. The van der Waals surface area contributed by atoms with Gasteiger partial charge in [0.05, 0.1) is 0 Å². The third kappa shape index (κ3) is 2.74. The number of aromatic hydroxyl groups is 1. The molecule has 1 aliphatic rings. The highest BCUT2D eigenvalue weighted by Gasteiger charge is 2.22. The summed E-state index contributed by atoms with van der Waals surface area (Å²) >= 11 is 0. The smallest absolute Gasteiger partial charge is 0.115 e. The predicted molar refractivity (Wildman–Crippen MR) is 65.2 cm³/mol. The largest absolute Gasteiger partial charge is 0.508 e. The van der Waals surface area contributed by atoms with Crippen LogP contribution in [0.1, 0.15) is 25.3 Å². The molecule has 1 heterocycles. The molecule has 0 radical (unpaired) electrons. The second kappa shape index (κ2) is 4.85. The molecule has 0 saturated carbocycles. The second-order valence-electron chi connectivity index (χ2n) is 4.77. The standard InChI is InChI=1S/C13H20N2O/c1-10-8-12(14)6-7-15(10)9-11-2-4-13(16)5-3-11/h2-5,10,12,16H,6-9,14H2,1H3. The summed E-state index contributed by atoms with van der Waals surface area (Å²) in [7, 11) is 0. The number of phenolic OH excluding ortho intramolecular Hbond substituents is 1. The van der Waals surface area contributed by atoms with Crippen LogP contribution in [0, 0.1) is 0 Å². The van der Waals surface area contributed by atoms with Gasteiger partial charge in [0.25, 0.3) is 0 Å². The Kier molecular flexibility index (Phi) is 3.46. The van der Waals surface area contributed by atoms with E-state index in [9.17, 15) is 5.11 Å². The third-order valence-electron chi connectivity index (χ3n) is 3.38. The lowest BCUT2D eigenvalue weighted by Crippen LogP contribution is -2.44. The van der Waals surface area contributed by atoms with Crippen LogP contribution >= 0.6 is 0 Å². The van der Waals surface area contributed by atoms with Crippen LogP contribution in [0.3, 0.4) is 0 Å². The Labute approximate surface area is 96.9 Å². The predicted octanol–water partition coefficient (Wildman–Crippen LogP) is 1.70. The summed E-state index contributed by atoms with van der Waals surface area (Å²) in [4.78, 5) is 2.45. The van der Waals surface area contributed by atoms with Gasteiger partial charge in [0.1, 0.15) is 5.75 Å². The van der Waals surface area contributed by atoms with Crippen molar-refractivity contribution in [2.45, 2.75) is 38.4 Å². The minimum atomic E-state index is 0.331. The first-order chi connectivity index (χ1) is 7.65. The highest BCUT2D eigenvalue weighted by molar-refractivity contribution is 5.25. The van der Waals surface area contributed by atoms with Gasteiger partial charge in [-0.05, 0) is 37.5 Å². The monoisotopic (exact) mass is 220 g/mol. The van der Waals surface area contributed by atoms with Crippen LogP contribution in [-0.4, -0.2) is 28.6 Å². The molecule has 2 atom stereocenters. The molecule has 3 heteroatoms. The molecule has 1 aliphatic heterocycles. The van der Waals surface area contributed by atoms with Crippen molar-refractivity contribution in [3.8, 4) is 5.75 Å². The van der Waals surface area contributed by atoms with Crippen LogP contribution in [0.15, 0.2) is 24.3 Å².